The highest BCUT2D eigenvalue weighted by molar-refractivity contribution is 7.14. The minimum atomic E-state index is -2.72. The molecular weight excluding hydrogens is 540 g/mol. The normalized spacial score (nSPS) is 24.2. The molecule has 3 saturated heterocycles. The van der Waals surface area contributed by atoms with Crippen LogP contribution in [-0.2, 0) is 14.3 Å². The van der Waals surface area contributed by atoms with Gasteiger partial charge in [-0.1, -0.05) is 26.0 Å². The number of likely N-dealkylation sites (N-methyl/N-ethyl adjacent to an activating group) is 1. The number of thiazole rings is 1. The van der Waals surface area contributed by atoms with Gasteiger partial charge in [0.05, 0.1) is 17.7 Å². The Bertz CT molecular complexity index is 1230. The number of hydrogen-bond acceptors (Lipinski definition) is 8. The van der Waals surface area contributed by atoms with Crippen molar-refractivity contribution in [2.24, 2.45) is 11.8 Å². The summed E-state index contributed by atoms with van der Waals surface area (Å²) in [6.45, 7) is 7.10. The van der Waals surface area contributed by atoms with Crippen molar-refractivity contribution in [3.63, 3.8) is 0 Å². The molecule has 5 rings (SSSR count). The maximum absolute atomic E-state index is 13.6. The third-order valence-electron chi connectivity index (χ3n) is 7.85. The fourth-order valence-corrected chi connectivity index (χ4v) is 6.50. The number of benzene rings is 1. The quantitative estimate of drug-likeness (QED) is 0.517. The van der Waals surface area contributed by atoms with E-state index in [4.69, 9.17) is 9.72 Å². The molecule has 0 unspecified atom stereocenters. The van der Waals surface area contributed by atoms with Gasteiger partial charge >= 0.3 is 0 Å². The summed E-state index contributed by atoms with van der Waals surface area (Å²) in [4.78, 5) is 49.7. The standard InChI is InChI=1S/C28H35F2N5O4S/c1-16(2)12-20(27(38)35-13-19(25(29)30)24-23(35)22(36)14-39-24)31-26(37)18-6-4-17(5-7-18)21-15-40-28(32-21)34-10-8-33(3)9-11-34/h4-7,15-16,19-20,23-25H,8-14H2,1-3H3,(H,31,37)/t19-,20+,23-,24-/m1/s1. The van der Waals surface area contributed by atoms with Gasteiger partial charge in [0.2, 0.25) is 12.3 Å². The smallest absolute Gasteiger partial charge is 0.251 e. The van der Waals surface area contributed by atoms with E-state index < -0.39 is 42.3 Å². The van der Waals surface area contributed by atoms with E-state index in [1.54, 1.807) is 23.5 Å². The molecule has 0 saturated carbocycles. The number of anilines is 1. The van der Waals surface area contributed by atoms with Crippen LogP contribution in [0.4, 0.5) is 13.9 Å². The van der Waals surface area contributed by atoms with Gasteiger partial charge in [-0.25, -0.2) is 13.8 Å². The van der Waals surface area contributed by atoms with Gasteiger partial charge in [-0.3, -0.25) is 14.4 Å². The van der Waals surface area contributed by atoms with Gasteiger partial charge in [0.15, 0.2) is 10.9 Å². The van der Waals surface area contributed by atoms with Crippen LogP contribution in [0.1, 0.15) is 30.6 Å². The van der Waals surface area contributed by atoms with Crippen molar-refractivity contribution >= 4 is 34.1 Å². The first-order valence-corrected chi connectivity index (χ1v) is 14.5. The number of carbonyl (C=O) groups excluding carboxylic acids is 3. The highest BCUT2D eigenvalue weighted by Gasteiger charge is 2.55. The Morgan fingerprint density at radius 2 is 1.85 bits per heavy atom. The molecule has 4 atom stereocenters. The maximum Gasteiger partial charge on any atom is 0.251 e. The van der Waals surface area contributed by atoms with Crippen molar-refractivity contribution in [2.75, 3.05) is 51.3 Å². The summed E-state index contributed by atoms with van der Waals surface area (Å²) in [5.41, 5.74) is 2.08. The van der Waals surface area contributed by atoms with Crippen LogP contribution in [0.25, 0.3) is 11.3 Å². The van der Waals surface area contributed by atoms with Crippen molar-refractivity contribution in [3.8, 4) is 11.3 Å². The number of aromatic nitrogens is 1. The van der Waals surface area contributed by atoms with Crippen LogP contribution in [-0.4, -0.2) is 103 Å². The molecule has 12 heteroatoms. The molecule has 1 aromatic carbocycles. The number of hydrogen-bond donors (Lipinski definition) is 1. The molecule has 2 aromatic rings. The zero-order valence-electron chi connectivity index (χ0n) is 22.9. The van der Waals surface area contributed by atoms with Gasteiger partial charge in [0, 0.05) is 49.2 Å². The monoisotopic (exact) mass is 575 g/mol. The van der Waals surface area contributed by atoms with E-state index in [2.05, 4.69) is 22.2 Å². The molecule has 0 spiro atoms. The summed E-state index contributed by atoms with van der Waals surface area (Å²) in [6, 6.07) is 5.02. The number of amides is 2. The van der Waals surface area contributed by atoms with E-state index in [1.807, 2.05) is 31.4 Å². The Labute approximate surface area is 236 Å². The van der Waals surface area contributed by atoms with Crippen LogP contribution in [0.3, 0.4) is 0 Å². The summed E-state index contributed by atoms with van der Waals surface area (Å²) in [5, 5.41) is 5.78. The van der Waals surface area contributed by atoms with Gasteiger partial charge in [-0.05, 0) is 31.5 Å². The van der Waals surface area contributed by atoms with E-state index >= 15 is 0 Å². The third kappa shape index (κ3) is 5.89. The molecule has 4 heterocycles. The van der Waals surface area contributed by atoms with Gasteiger partial charge in [0.25, 0.3) is 5.91 Å². The van der Waals surface area contributed by atoms with E-state index in [1.165, 1.54) is 4.90 Å². The molecule has 216 valence electrons. The van der Waals surface area contributed by atoms with Crippen molar-refractivity contribution in [3.05, 3.63) is 35.2 Å². The second-order valence-corrected chi connectivity index (χ2v) is 12.1. The van der Waals surface area contributed by atoms with Crippen molar-refractivity contribution in [2.45, 2.75) is 44.9 Å². The number of piperazine rings is 1. The van der Waals surface area contributed by atoms with Gasteiger partial charge in [-0.2, -0.15) is 0 Å². The first kappa shape index (κ1) is 28.6. The first-order chi connectivity index (χ1) is 19.1. The lowest BCUT2D eigenvalue weighted by molar-refractivity contribution is -0.138. The minimum absolute atomic E-state index is 0.0376. The SMILES string of the molecule is CC(C)C[C@H](NC(=O)c1ccc(-c2csc(N3CCN(C)CC3)n2)cc1)C(=O)N1C[C@@H](C(F)F)[C@H]2OCC(=O)[C@H]21. The number of nitrogens with zero attached hydrogens (tertiary/aromatic N) is 4. The fraction of sp³-hybridized carbons (Fsp3) is 0.571. The third-order valence-corrected chi connectivity index (χ3v) is 8.75. The summed E-state index contributed by atoms with van der Waals surface area (Å²) >= 11 is 1.60. The molecule has 0 aliphatic carbocycles. The Balaban J connectivity index is 1.27. The largest absolute Gasteiger partial charge is 0.367 e. The first-order valence-electron chi connectivity index (χ1n) is 13.7. The molecule has 9 nitrogen and oxygen atoms in total. The Morgan fingerprint density at radius 1 is 1.15 bits per heavy atom. The Kier molecular flexibility index (Phi) is 8.48. The molecule has 0 radical (unpaired) electrons. The van der Waals surface area contributed by atoms with E-state index in [9.17, 15) is 23.2 Å². The van der Waals surface area contributed by atoms with Crippen LogP contribution < -0.4 is 10.2 Å². The molecule has 3 aliphatic rings. The van der Waals surface area contributed by atoms with Crippen molar-refractivity contribution < 1.29 is 27.9 Å². The summed E-state index contributed by atoms with van der Waals surface area (Å²) < 4.78 is 32.6. The molecule has 2 amide bonds. The van der Waals surface area contributed by atoms with Crippen LogP contribution in [0, 0.1) is 11.8 Å². The van der Waals surface area contributed by atoms with E-state index in [0.29, 0.717) is 12.0 Å². The van der Waals surface area contributed by atoms with Crippen molar-refractivity contribution in [1.29, 1.82) is 0 Å². The second kappa shape index (κ2) is 11.9. The number of alkyl halides is 2. The highest BCUT2D eigenvalue weighted by Crippen LogP contribution is 2.36. The van der Waals surface area contributed by atoms with Crippen LogP contribution in [0.15, 0.2) is 29.6 Å². The van der Waals surface area contributed by atoms with E-state index in [-0.39, 0.29) is 24.9 Å². The molecule has 1 N–H and O–H groups in total. The number of Topliss-reactive ketones (excluding diaryl/α,β-unsaturated/α-hetero) is 1. The summed E-state index contributed by atoms with van der Waals surface area (Å²) in [5.74, 6) is -2.56. The maximum atomic E-state index is 13.6. The fourth-order valence-electron chi connectivity index (χ4n) is 5.61. The molecule has 1 aromatic heterocycles. The summed E-state index contributed by atoms with van der Waals surface area (Å²) in [6.07, 6.45) is -3.43. The predicted molar refractivity (Wildman–Crippen MR) is 148 cm³/mol. The lowest BCUT2D eigenvalue weighted by atomic mass is 10.0. The average molecular weight is 576 g/mol. The number of halogens is 2. The Morgan fingerprint density at radius 3 is 2.50 bits per heavy atom. The highest BCUT2D eigenvalue weighted by atomic mass is 32.1. The van der Waals surface area contributed by atoms with Gasteiger partial charge in [0.1, 0.15) is 18.7 Å². The molecule has 40 heavy (non-hydrogen) atoms. The number of ether oxygens (including phenoxy) is 1. The molecule has 3 fully saturated rings. The second-order valence-electron chi connectivity index (χ2n) is 11.2. The average Bonchev–Trinajstić information content (AvgIpc) is 3.65. The Hall–Kier alpha value is -2.96. The lowest BCUT2D eigenvalue weighted by Gasteiger charge is -2.32. The molecular formula is C28H35F2N5O4S. The van der Waals surface area contributed by atoms with Crippen LogP contribution in [0.2, 0.25) is 0 Å². The number of rotatable bonds is 8. The number of likely N-dealkylation sites (tertiary alicyclic amines) is 1. The predicted octanol–water partition coefficient (Wildman–Crippen LogP) is 2.77. The number of ketones is 1. The number of carbonyl (C=O) groups is 3. The lowest BCUT2D eigenvalue weighted by Crippen LogP contribution is -2.52. The molecule has 3 aliphatic heterocycles. The van der Waals surface area contributed by atoms with Crippen LogP contribution >= 0.6 is 11.3 Å². The van der Waals surface area contributed by atoms with Gasteiger partial charge in [-0.15, -0.1) is 11.3 Å². The summed E-state index contributed by atoms with van der Waals surface area (Å²) in [7, 11) is 2.11. The topological polar surface area (TPSA) is 95.1 Å². The zero-order chi connectivity index (χ0) is 28.6. The van der Waals surface area contributed by atoms with Crippen molar-refractivity contribution in [1.82, 2.24) is 20.1 Å². The minimum Gasteiger partial charge on any atom is -0.367 e. The van der Waals surface area contributed by atoms with E-state index in [0.717, 1.165) is 42.6 Å². The number of nitrogens with one attached hydrogen (secondary N) is 1. The number of fused-ring (bicyclic) bond motifs is 1. The zero-order valence-corrected chi connectivity index (χ0v) is 23.7. The van der Waals surface area contributed by atoms with Gasteiger partial charge < -0.3 is 24.8 Å². The van der Waals surface area contributed by atoms with Crippen LogP contribution in [0.5, 0.6) is 0 Å². The molecule has 0 bridgehead atoms.